The second-order valence-electron chi connectivity index (χ2n) is 7.30. The molecule has 0 fully saturated rings. The largest absolute Gasteiger partial charge is 0.423 e. The van der Waals surface area contributed by atoms with Gasteiger partial charge >= 0.3 is 11.9 Å². The molecule has 32 heavy (non-hydrogen) atoms. The molecule has 0 heterocycles. The van der Waals surface area contributed by atoms with Gasteiger partial charge in [0.15, 0.2) is 0 Å². The minimum Gasteiger partial charge on any atom is -0.423 e. The minimum absolute atomic E-state index is 0.371. The molecule has 0 unspecified atom stereocenters. The maximum Gasteiger partial charge on any atom is 0.343 e. The van der Waals surface area contributed by atoms with Crippen LogP contribution in [-0.4, -0.2) is 11.9 Å². The van der Waals surface area contributed by atoms with Crippen LogP contribution in [0.3, 0.4) is 0 Å². The third kappa shape index (κ3) is 5.70. The lowest BCUT2D eigenvalue weighted by Crippen LogP contribution is -2.08. The fourth-order valence-electron chi connectivity index (χ4n) is 3.22. The highest BCUT2D eigenvalue weighted by molar-refractivity contribution is 5.91. The summed E-state index contributed by atoms with van der Waals surface area (Å²) in [6, 6.07) is 32.9. The summed E-state index contributed by atoms with van der Waals surface area (Å²) in [5, 5.41) is 0. The Hall–Kier alpha value is -4.18. The Morgan fingerprint density at radius 2 is 0.875 bits per heavy atom. The van der Waals surface area contributed by atoms with Gasteiger partial charge in [-0.3, -0.25) is 0 Å². The average Bonchev–Trinajstić information content (AvgIpc) is 2.85. The third-order valence-electron chi connectivity index (χ3n) is 4.99. The van der Waals surface area contributed by atoms with E-state index in [9.17, 15) is 9.59 Å². The normalized spacial score (nSPS) is 10.4. The topological polar surface area (TPSA) is 52.6 Å². The zero-order valence-electron chi connectivity index (χ0n) is 17.4. The van der Waals surface area contributed by atoms with E-state index in [0.29, 0.717) is 22.6 Å². The van der Waals surface area contributed by atoms with Crippen LogP contribution in [0.1, 0.15) is 31.8 Å². The smallest absolute Gasteiger partial charge is 0.343 e. The van der Waals surface area contributed by atoms with Crippen LogP contribution in [0.15, 0.2) is 109 Å². The van der Waals surface area contributed by atoms with Crippen molar-refractivity contribution in [3.8, 4) is 11.5 Å². The zero-order chi connectivity index (χ0) is 22.2. The molecule has 0 radical (unpaired) electrons. The molecule has 0 aliphatic rings. The van der Waals surface area contributed by atoms with Crippen molar-refractivity contribution in [3.63, 3.8) is 0 Å². The van der Waals surface area contributed by atoms with E-state index in [1.54, 1.807) is 60.7 Å². The molecule has 0 aliphatic heterocycles. The fraction of sp³-hybridized carbons (Fsp3) is 0.0714. The summed E-state index contributed by atoms with van der Waals surface area (Å²) in [6.45, 7) is 0. The molecule has 4 heteroatoms. The molecular weight excluding hydrogens is 400 g/mol. The second kappa shape index (κ2) is 10.2. The quantitative estimate of drug-likeness (QED) is 0.274. The van der Waals surface area contributed by atoms with E-state index < -0.39 is 0 Å². The van der Waals surface area contributed by atoms with Gasteiger partial charge in [-0.2, -0.15) is 0 Å². The first-order chi connectivity index (χ1) is 15.7. The Morgan fingerprint density at radius 1 is 0.469 bits per heavy atom. The van der Waals surface area contributed by atoms with Crippen LogP contribution in [0, 0.1) is 0 Å². The molecule has 158 valence electrons. The number of carbonyl (C=O) groups is 2. The average molecular weight is 422 g/mol. The van der Waals surface area contributed by atoms with Crippen LogP contribution in [0.25, 0.3) is 0 Å². The van der Waals surface area contributed by atoms with Crippen LogP contribution in [0.2, 0.25) is 0 Å². The van der Waals surface area contributed by atoms with Gasteiger partial charge in [0.1, 0.15) is 11.5 Å². The van der Waals surface area contributed by atoms with Crippen molar-refractivity contribution >= 4 is 11.9 Å². The fourth-order valence-corrected chi connectivity index (χ4v) is 3.22. The highest BCUT2D eigenvalue weighted by atomic mass is 16.5. The van der Waals surface area contributed by atoms with E-state index in [1.165, 1.54) is 0 Å². The van der Waals surface area contributed by atoms with Gasteiger partial charge in [0.05, 0.1) is 11.1 Å². The predicted molar refractivity (Wildman–Crippen MR) is 123 cm³/mol. The Kier molecular flexibility index (Phi) is 6.73. The van der Waals surface area contributed by atoms with E-state index in [2.05, 4.69) is 0 Å². The van der Waals surface area contributed by atoms with E-state index in [4.69, 9.17) is 9.47 Å². The lowest BCUT2D eigenvalue weighted by Gasteiger charge is -2.07. The van der Waals surface area contributed by atoms with Gasteiger partial charge in [-0.05, 0) is 72.5 Å². The summed E-state index contributed by atoms with van der Waals surface area (Å²) in [4.78, 5) is 24.4. The maximum atomic E-state index is 12.2. The van der Waals surface area contributed by atoms with Gasteiger partial charge in [-0.1, -0.05) is 60.7 Å². The number of carbonyl (C=O) groups excluding carboxylic acids is 2. The number of aryl methyl sites for hydroxylation is 2. The van der Waals surface area contributed by atoms with Crippen LogP contribution in [-0.2, 0) is 12.8 Å². The molecule has 0 bridgehead atoms. The van der Waals surface area contributed by atoms with Crippen molar-refractivity contribution in [2.24, 2.45) is 0 Å². The molecule has 0 amide bonds. The van der Waals surface area contributed by atoms with Gasteiger partial charge in [0.25, 0.3) is 0 Å². The van der Waals surface area contributed by atoms with Crippen molar-refractivity contribution in [2.45, 2.75) is 12.8 Å². The first-order valence-corrected chi connectivity index (χ1v) is 10.4. The van der Waals surface area contributed by atoms with Gasteiger partial charge in [0, 0.05) is 0 Å². The molecule has 0 aromatic heterocycles. The standard InChI is InChI=1S/C28H22O4/c29-27(23-7-3-1-4-8-23)32-26-19-15-22(16-20-26)12-11-21-13-17-24(18-14-21)28(30)31-25-9-5-2-6-10-25/h1-10,13-20H,11-12H2. The molecule has 0 saturated carbocycles. The van der Waals surface area contributed by atoms with Gasteiger partial charge < -0.3 is 9.47 Å². The van der Waals surface area contributed by atoms with Crippen LogP contribution in [0.5, 0.6) is 11.5 Å². The monoisotopic (exact) mass is 422 g/mol. The summed E-state index contributed by atoms with van der Waals surface area (Å²) >= 11 is 0. The number of esters is 2. The third-order valence-corrected chi connectivity index (χ3v) is 4.99. The molecule has 4 nitrogen and oxygen atoms in total. The molecule has 0 aliphatic carbocycles. The maximum absolute atomic E-state index is 12.2. The van der Waals surface area contributed by atoms with Crippen LogP contribution in [0.4, 0.5) is 0 Å². The number of para-hydroxylation sites is 1. The number of rotatable bonds is 7. The summed E-state index contributed by atoms with van der Waals surface area (Å²) < 4.78 is 10.8. The van der Waals surface area contributed by atoms with Crippen molar-refractivity contribution in [2.75, 3.05) is 0 Å². The first-order valence-electron chi connectivity index (χ1n) is 10.4. The Morgan fingerprint density at radius 3 is 1.41 bits per heavy atom. The van der Waals surface area contributed by atoms with E-state index in [1.807, 2.05) is 48.5 Å². The second-order valence-corrected chi connectivity index (χ2v) is 7.30. The Bertz CT molecular complexity index is 1170. The first kappa shape index (κ1) is 21.1. The summed E-state index contributed by atoms with van der Waals surface area (Å²) in [7, 11) is 0. The minimum atomic E-state index is -0.372. The molecule has 0 atom stereocenters. The number of hydrogen-bond acceptors (Lipinski definition) is 4. The molecular formula is C28H22O4. The summed E-state index contributed by atoms with van der Waals surface area (Å²) in [5.74, 6) is 0.302. The lowest BCUT2D eigenvalue weighted by atomic mass is 10.0. The molecule has 4 aromatic rings. The van der Waals surface area contributed by atoms with E-state index in [0.717, 1.165) is 24.0 Å². The van der Waals surface area contributed by atoms with Crippen molar-refractivity contribution in [3.05, 3.63) is 131 Å². The molecule has 4 aromatic carbocycles. The van der Waals surface area contributed by atoms with Crippen molar-refractivity contribution in [1.82, 2.24) is 0 Å². The highest BCUT2D eigenvalue weighted by Crippen LogP contribution is 2.17. The predicted octanol–water partition coefficient (Wildman–Crippen LogP) is 5.91. The summed E-state index contributed by atoms with van der Waals surface area (Å²) in [6.07, 6.45) is 1.66. The number of hydrogen-bond donors (Lipinski definition) is 0. The van der Waals surface area contributed by atoms with E-state index >= 15 is 0 Å². The lowest BCUT2D eigenvalue weighted by molar-refractivity contribution is 0.0725. The molecule has 4 rings (SSSR count). The van der Waals surface area contributed by atoms with Gasteiger partial charge in [-0.15, -0.1) is 0 Å². The van der Waals surface area contributed by atoms with Gasteiger partial charge in [-0.25, -0.2) is 9.59 Å². The van der Waals surface area contributed by atoms with Gasteiger partial charge in [0.2, 0.25) is 0 Å². The van der Waals surface area contributed by atoms with Crippen molar-refractivity contribution in [1.29, 1.82) is 0 Å². The SMILES string of the molecule is O=C(Oc1ccc(CCc2ccc(C(=O)Oc3ccccc3)cc2)cc1)c1ccccc1. The number of benzene rings is 4. The highest BCUT2D eigenvalue weighted by Gasteiger charge is 2.09. The summed E-state index contributed by atoms with van der Waals surface area (Å²) in [5.41, 5.74) is 3.30. The Balaban J connectivity index is 1.29. The molecule has 0 spiro atoms. The Labute approximate surface area is 187 Å². The van der Waals surface area contributed by atoms with E-state index in [-0.39, 0.29) is 11.9 Å². The van der Waals surface area contributed by atoms with Crippen LogP contribution >= 0.6 is 0 Å². The zero-order valence-corrected chi connectivity index (χ0v) is 17.4. The molecule has 0 N–H and O–H groups in total. The molecule has 0 saturated heterocycles. The number of ether oxygens (including phenoxy) is 2. The van der Waals surface area contributed by atoms with Crippen molar-refractivity contribution < 1.29 is 19.1 Å². The van der Waals surface area contributed by atoms with Crippen LogP contribution < -0.4 is 9.47 Å².